The summed E-state index contributed by atoms with van der Waals surface area (Å²) in [5.41, 5.74) is 1.01. The van der Waals surface area contributed by atoms with Gasteiger partial charge in [0.15, 0.2) is 8.32 Å². The van der Waals surface area contributed by atoms with Crippen LogP contribution in [-0.2, 0) is 15.5 Å². The molecule has 6 heteroatoms. The van der Waals surface area contributed by atoms with Gasteiger partial charge in [0.1, 0.15) is 0 Å². The lowest BCUT2D eigenvalue weighted by atomic mass is 10.2. The first-order valence-electron chi connectivity index (χ1n) is 4.94. The van der Waals surface area contributed by atoms with Gasteiger partial charge in [-0.15, -0.1) is 0 Å². The number of rotatable bonds is 4. The van der Waals surface area contributed by atoms with Crippen molar-refractivity contribution in [2.24, 2.45) is 0 Å². The van der Waals surface area contributed by atoms with E-state index in [4.69, 9.17) is 10.7 Å². The lowest BCUT2D eigenvalue weighted by molar-refractivity contribution is 0.547. The van der Waals surface area contributed by atoms with Gasteiger partial charge < -0.3 is 4.80 Å². The van der Waals surface area contributed by atoms with Crippen LogP contribution in [0.15, 0.2) is 29.2 Å². The van der Waals surface area contributed by atoms with Gasteiger partial charge in [0, 0.05) is 10.7 Å². The van der Waals surface area contributed by atoms with Crippen LogP contribution in [0.3, 0.4) is 0 Å². The second kappa shape index (κ2) is 4.87. The van der Waals surface area contributed by atoms with Gasteiger partial charge in [-0.3, -0.25) is 0 Å². The molecule has 1 rings (SSSR count). The average molecular weight is 279 g/mol. The first-order chi connectivity index (χ1) is 7.18. The minimum absolute atomic E-state index is 0.110. The molecular formula is C10H15ClO3SSi. The highest BCUT2D eigenvalue weighted by Crippen LogP contribution is 2.17. The van der Waals surface area contributed by atoms with Crippen molar-refractivity contribution >= 4 is 28.1 Å². The molecule has 0 fully saturated rings. The zero-order valence-corrected chi connectivity index (χ0v) is 11.8. The van der Waals surface area contributed by atoms with E-state index in [1.807, 2.05) is 13.1 Å². The van der Waals surface area contributed by atoms with E-state index in [0.29, 0.717) is 0 Å². The normalized spacial score (nSPS) is 12.8. The van der Waals surface area contributed by atoms with Crippen molar-refractivity contribution in [3.05, 3.63) is 29.8 Å². The van der Waals surface area contributed by atoms with Crippen LogP contribution in [-0.4, -0.2) is 21.5 Å². The fraction of sp³-hybridized carbons (Fsp3) is 0.400. The Kier molecular flexibility index (Phi) is 4.17. The van der Waals surface area contributed by atoms with Gasteiger partial charge in [0.25, 0.3) is 9.05 Å². The predicted octanol–water partition coefficient (Wildman–Crippen LogP) is 2.35. The molecule has 0 radical (unpaired) electrons. The summed E-state index contributed by atoms with van der Waals surface area (Å²) < 4.78 is 22.0. The smallest absolute Gasteiger partial charge is 0.261 e. The Balaban J connectivity index is 2.73. The summed E-state index contributed by atoms with van der Waals surface area (Å²) in [6.07, 6.45) is 0.762. The zero-order chi connectivity index (χ0) is 12.4. The van der Waals surface area contributed by atoms with Crippen LogP contribution in [0.25, 0.3) is 0 Å². The van der Waals surface area contributed by atoms with Crippen LogP contribution in [0.1, 0.15) is 5.56 Å². The van der Waals surface area contributed by atoms with Crippen molar-refractivity contribution in [2.45, 2.75) is 30.5 Å². The highest BCUT2D eigenvalue weighted by Gasteiger charge is 2.16. The van der Waals surface area contributed by atoms with Crippen LogP contribution in [0.4, 0.5) is 0 Å². The molecule has 90 valence electrons. The lowest BCUT2D eigenvalue weighted by Crippen LogP contribution is -2.25. The standard InChI is InChI=1S/C10H15ClO3SSi/c1-16(2,14)8-7-9-3-5-10(6-4-9)15(11,12)13/h3-6,14H,7-8H2,1-2H3. The Labute approximate surface area is 102 Å². The van der Waals surface area contributed by atoms with Gasteiger partial charge >= 0.3 is 0 Å². The Morgan fingerprint density at radius 2 is 1.75 bits per heavy atom. The highest BCUT2D eigenvalue weighted by atomic mass is 35.7. The molecule has 0 aliphatic heterocycles. The summed E-state index contributed by atoms with van der Waals surface area (Å²) in [5, 5.41) is 0. The first kappa shape index (κ1) is 13.7. The molecule has 0 atom stereocenters. The van der Waals surface area contributed by atoms with Gasteiger partial charge in [-0.2, -0.15) is 0 Å². The maximum atomic E-state index is 11.0. The molecule has 0 aromatic heterocycles. The monoisotopic (exact) mass is 278 g/mol. The van der Waals surface area contributed by atoms with Crippen molar-refractivity contribution < 1.29 is 13.2 Å². The van der Waals surface area contributed by atoms with Gasteiger partial charge in [-0.1, -0.05) is 12.1 Å². The number of hydrogen-bond donors (Lipinski definition) is 1. The summed E-state index contributed by atoms with van der Waals surface area (Å²) in [7, 11) is -0.466. The van der Waals surface area contributed by atoms with Crippen LogP contribution in [0.5, 0.6) is 0 Å². The van der Waals surface area contributed by atoms with Crippen molar-refractivity contribution in [3.8, 4) is 0 Å². The van der Waals surface area contributed by atoms with Crippen molar-refractivity contribution in [2.75, 3.05) is 0 Å². The molecule has 0 saturated heterocycles. The molecule has 0 unspecified atom stereocenters. The summed E-state index contributed by atoms with van der Waals surface area (Å²) in [6, 6.07) is 7.21. The van der Waals surface area contributed by atoms with Gasteiger partial charge in [0.2, 0.25) is 0 Å². The third-order valence-corrected chi connectivity index (χ3v) is 5.07. The summed E-state index contributed by atoms with van der Waals surface area (Å²) in [5.74, 6) is 0. The minimum atomic E-state index is -3.63. The quantitative estimate of drug-likeness (QED) is 0.679. The summed E-state index contributed by atoms with van der Waals surface area (Å²) in [6.45, 7) is 3.76. The molecular weight excluding hydrogens is 264 g/mol. The fourth-order valence-corrected chi connectivity index (χ4v) is 2.94. The molecule has 1 aromatic carbocycles. The van der Waals surface area contributed by atoms with Crippen molar-refractivity contribution in [3.63, 3.8) is 0 Å². The van der Waals surface area contributed by atoms with E-state index in [1.165, 1.54) is 12.1 Å². The lowest BCUT2D eigenvalue weighted by Gasteiger charge is -2.13. The number of aryl methyl sites for hydroxylation is 1. The molecule has 0 bridgehead atoms. The Morgan fingerprint density at radius 3 is 2.12 bits per heavy atom. The third kappa shape index (κ3) is 4.65. The first-order valence-corrected chi connectivity index (χ1v) is 10.4. The molecule has 0 spiro atoms. The number of hydrogen-bond acceptors (Lipinski definition) is 3. The fourth-order valence-electron chi connectivity index (χ4n) is 1.27. The Hall–Kier alpha value is -0.363. The van der Waals surface area contributed by atoms with Gasteiger partial charge in [0.05, 0.1) is 4.90 Å². The highest BCUT2D eigenvalue weighted by molar-refractivity contribution is 8.13. The molecule has 0 saturated carbocycles. The second-order valence-corrected chi connectivity index (χ2v) is 11.1. The molecule has 16 heavy (non-hydrogen) atoms. The molecule has 0 aliphatic rings. The largest absolute Gasteiger partial charge is 0.432 e. The van der Waals surface area contributed by atoms with E-state index in [-0.39, 0.29) is 4.90 Å². The summed E-state index contributed by atoms with van der Waals surface area (Å²) >= 11 is 0. The minimum Gasteiger partial charge on any atom is -0.432 e. The maximum absolute atomic E-state index is 11.0. The number of benzene rings is 1. The topological polar surface area (TPSA) is 54.4 Å². The summed E-state index contributed by atoms with van der Waals surface area (Å²) in [4.78, 5) is 9.79. The van der Waals surface area contributed by atoms with Crippen LogP contribution < -0.4 is 0 Å². The van der Waals surface area contributed by atoms with E-state index >= 15 is 0 Å². The van der Waals surface area contributed by atoms with E-state index in [2.05, 4.69) is 0 Å². The van der Waals surface area contributed by atoms with Crippen molar-refractivity contribution in [1.82, 2.24) is 0 Å². The Bertz CT molecular complexity index is 448. The SMILES string of the molecule is C[Si](C)(O)CCc1ccc(S(=O)(=O)Cl)cc1. The molecule has 0 amide bonds. The predicted molar refractivity (Wildman–Crippen MR) is 67.7 cm³/mol. The van der Waals surface area contributed by atoms with Crippen molar-refractivity contribution in [1.29, 1.82) is 0 Å². The van der Waals surface area contributed by atoms with E-state index in [1.54, 1.807) is 12.1 Å². The second-order valence-electron chi connectivity index (χ2n) is 4.39. The molecule has 0 heterocycles. The maximum Gasteiger partial charge on any atom is 0.261 e. The van der Waals surface area contributed by atoms with Crippen LogP contribution in [0, 0.1) is 0 Å². The average Bonchev–Trinajstić information content (AvgIpc) is 2.13. The van der Waals surface area contributed by atoms with E-state index in [0.717, 1.165) is 18.0 Å². The van der Waals surface area contributed by atoms with Gasteiger partial charge in [-0.05, 0) is 43.3 Å². The molecule has 0 aliphatic carbocycles. The zero-order valence-electron chi connectivity index (χ0n) is 9.27. The third-order valence-electron chi connectivity index (χ3n) is 2.23. The van der Waals surface area contributed by atoms with Gasteiger partial charge in [-0.25, -0.2) is 8.42 Å². The van der Waals surface area contributed by atoms with E-state index in [9.17, 15) is 13.2 Å². The van der Waals surface area contributed by atoms with E-state index < -0.39 is 17.4 Å². The molecule has 3 nitrogen and oxygen atoms in total. The molecule has 1 aromatic rings. The molecule has 1 N–H and O–H groups in total. The number of halogens is 1. The Morgan fingerprint density at radius 1 is 1.25 bits per heavy atom. The van der Waals surface area contributed by atoms with Crippen LogP contribution >= 0.6 is 10.7 Å². The van der Waals surface area contributed by atoms with Crippen LogP contribution in [0.2, 0.25) is 19.1 Å².